The lowest BCUT2D eigenvalue weighted by Crippen LogP contribution is -2.32. The molecule has 2 heterocycles. The molecule has 0 atom stereocenters. The molecule has 19 heavy (non-hydrogen) atoms. The van der Waals surface area contributed by atoms with Gasteiger partial charge in [-0.25, -0.2) is 4.98 Å². The molecule has 1 saturated heterocycles. The summed E-state index contributed by atoms with van der Waals surface area (Å²) < 4.78 is 4.48. The van der Waals surface area contributed by atoms with E-state index in [1.54, 1.807) is 0 Å². The highest BCUT2D eigenvalue weighted by Gasteiger charge is 2.23. The number of hydrogen-bond acceptors (Lipinski definition) is 6. The van der Waals surface area contributed by atoms with Crippen LogP contribution in [0, 0.1) is 0 Å². The van der Waals surface area contributed by atoms with Gasteiger partial charge in [0.1, 0.15) is 5.82 Å². The van der Waals surface area contributed by atoms with Crippen molar-refractivity contribution < 1.29 is 5.11 Å². The first-order valence-electron chi connectivity index (χ1n) is 6.93. The standard InChI is InChI=1S/C13H24N4OS/c1-13(2,3)11-14-12(19-15-11)17-6-4-5-16(7-8-17)9-10-18/h18H,4-10H2,1-3H3. The van der Waals surface area contributed by atoms with Crippen LogP contribution in [0.25, 0.3) is 0 Å². The molecule has 1 aliphatic heterocycles. The molecule has 5 nitrogen and oxygen atoms in total. The largest absolute Gasteiger partial charge is 0.395 e. The van der Waals surface area contributed by atoms with Crippen LogP contribution in [-0.4, -0.2) is 58.7 Å². The summed E-state index contributed by atoms with van der Waals surface area (Å²) in [6.45, 7) is 11.5. The Bertz CT molecular complexity index is 402. The predicted octanol–water partition coefficient (Wildman–Crippen LogP) is 1.34. The van der Waals surface area contributed by atoms with Crippen molar-refractivity contribution >= 4 is 16.7 Å². The lowest BCUT2D eigenvalue weighted by Gasteiger charge is -2.20. The Kier molecular flexibility index (Phi) is 4.76. The third-order valence-corrected chi connectivity index (χ3v) is 4.14. The molecule has 108 valence electrons. The van der Waals surface area contributed by atoms with Gasteiger partial charge in [0, 0.05) is 43.1 Å². The van der Waals surface area contributed by atoms with Gasteiger partial charge in [-0.3, -0.25) is 4.90 Å². The van der Waals surface area contributed by atoms with E-state index < -0.39 is 0 Å². The van der Waals surface area contributed by atoms with Crippen LogP contribution in [0.1, 0.15) is 33.0 Å². The maximum absolute atomic E-state index is 9.01. The SMILES string of the molecule is CC(C)(C)c1nsc(N2CCCN(CCO)CC2)n1. The normalized spacial score (nSPS) is 18.6. The van der Waals surface area contributed by atoms with Crippen LogP contribution < -0.4 is 4.90 Å². The molecule has 0 radical (unpaired) electrons. The third-order valence-electron chi connectivity index (χ3n) is 3.36. The average molecular weight is 284 g/mol. The summed E-state index contributed by atoms with van der Waals surface area (Å²) in [5.74, 6) is 0.934. The fourth-order valence-electron chi connectivity index (χ4n) is 2.18. The van der Waals surface area contributed by atoms with Crippen molar-refractivity contribution in [2.75, 3.05) is 44.2 Å². The maximum atomic E-state index is 9.01. The van der Waals surface area contributed by atoms with Gasteiger partial charge in [-0.2, -0.15) is 4.37 Å². The van der Waals surface area contributed by atoms with E-state index in [0.29, 0.717) is 0 Å². The first-order chi connectivity index (χ1) is 9.00. The molecule has 0 spiro atoms. The van der Waals surface area contributed by atoms with Gasteiger partial charge in [0.2, 0.25) is 5.13 Å². The van der Waals surface area contributed by atoms with E-state index in [4.69, 9.17) is 5.11 Å². The highest BCUT2D eigenvalue weighted by atomic mass is 32.1. The molecular formula is C13H24N4OS. The van der Waals surface area contributed by atoms with Gasteiger partial charge >= 0.3 is 0 Å². The highest BCUT2D eigenvalue weighted by Crippen LogP contribution is 2.25. The summed E-state index contributed by atoms with van der Waals surface area (Å²) >= 11 is 1.50. The molecule has 0 amide bonds. The number of anilines is 1. The molecule has 0 aromatic carbocycles. The van der Waals surface area contributed by atoms with E-state index in [0.717, 1.165) is 50.1 Å². The summed E-state index contributed by atoms with van der Waals surface area (Å²) in [5, 5.41) is 10.0. The lowest BCUT2D eigenvalue weighted by molar-refractivity contribution is 0.204. The van der Waals surface area contributed by atoms with Crippen molar-refractivity contribution in [3.8, 4) is 0 Å². The zero-order chi connectivity index (χ0) is 13.9. The lowest BCUT2D eigenvalue weighted by atomic mass is 9.96. The molecule has 1 aromatic rings. The maximum Gasteiger partial charge on any atom is 0.205 e. The van der Waals surface area contributed by atoms with Crippen LogP contribution in [-0.2, 0) is 5.41 Å². The zero-order valence-electron chi connectivity index (χ0n) is 12.1. The molecule has 0 saturated carbocycles. The van der Waals surface area contributed by atoms with Gasteiger partial charge < -0.3 is 10.0 Å². The van der Waals surface area contributed by atoms with Crippen molar-refractivity contribution in [1.82, 2.24) is 14.3 Å². The molecule has 1 fully saturated rings. The minimum absolute atomic E-state index is 0.0174. The second kappa shape index (κ2) is 6.15. The van der Waals surface area contributed by atoms with Gasteiger partial charge in [-0.05, 0) is 13.0 Å². The summed E-state index contributed by atoms with van der Waals surface area (Å²) in [6, 6.07) is 0. The Morgan fingerprint density at radius 2 is 2.00 bits per heavy atom. The van der Waals surface area contributed by atoms with Crippen molar-refractivity contribution in [2.45, 2.75) is 32.6 Å². The van der Waals surface area contributed by atoms with E-state index in [1.807, 2.05) is 0 Å². The molecule has 1 N–H and O–H groups in total. The molecule has 1 aliphatic rings. The fraction of sp³-hybridized carbons (Fsp3) is 0.846. The molecular weight excluding hydrogens is 260 g/mol. The van der Waals surface area contributed by atoms with Gasteiger partial charge in [0.25, 0.3) is 0 Å². The van der Waals surface area contributed by atoms with Gasteiger partial charge in [-0.15, -0.1) is 0 Å². The first kappa shape index (κ1) is 14.7. The monoisotopic (exact) mass is 284 g/mol. The van der Waals surface area contributed by atoms with Crippen LogP contribution in [0.3, 0.4) is 0 Å². The first-order valence-corrected chi connectivity index (χ1v) is 7.70. The Morgan fingerprint density at radius 3 is 2.63 bits per heavy atom. The third kappa shape index (κ3) is 3.87. The Balaban J connectivity index is 2.00. The number of nitrogens with zero attached hydrogens (tertiary/aromatic N) is 4. The van der Waals surface area contributed by atoms with Crippen molar-refractivity contribution in [3.63, 3.8) is 0 Å². The van der Waals surface area contributed by atoms with Crippen LogP contribution in [0.2, 0.25) is 0 Å². The van der Waals surface area contributed by atoms with Crippen LogP contribution in [0.4, 0.5) is 5.13 Å². The summed E-state index contributed by atoms with van der Waals surface area (Å²) in [5.41, 5.74) is 0.0174. The predicted molar refractivity (Wildman–Crippen MR) is 79.0 cm³/mol. The number of aromatic nitrogens is 2. The number of β-amino-alcohol motifs (C(OH)–C–C–N with tert-alkyl or cyclic N) is 1. The topological polar surface area (TPSA) is 52.5 Å². The van der Waals surface area contributed by atoms with Gasteiger partial charge in [0.15, 0.2) is 0 Å². The molecule has 0 unspecified atom stereocenters. The molecule has 6 heteroatoms. The van der Waals surface area contributed by atoms with E-state index >= 15 is 0 Å². The Hall–Kier alpha value is -0.720. The summed E-state index contributed by atoms with van der Waals surface area (Å²) in [6.07, 6.45) is 1.12. The Morgan fingerprint density at radius 1 is 1.21 bits per heavy atom. The fourth-order valence-corrected chi connectivity index (χ4v) is 3.08. The summed E-state index contributed by atoms with van der Waals surface area (Å²) in [4.78, 5) is 9.32. The van der Waals surface area contributed by atoms with E-state index in [9.17, 15) is 0 Å². The quantitative estimate of drug-likeness (QED) is 0.908. The zero-order valence-corrected chi connectivity index (χ0v) is 12.9. The number of hydrogen-bond donors (Lipinski definition) is 1. The minimum atomic E-state index is 0.0174. The summed E-state index contributed by atoms with van der Waals surface area (Å²) in [7, 11) is 0. The average Bonchev–Trinajstić information content (AvgIpc) is 2.72. The number of aliphatic hydroxyl groups is 1. The van der Waals surface area contributed by atoms with Crippen LogP contribution in [0.5, 0.6) is 0 Å². The number of aliphatic hydroxyl groups excluding tert-OH is 1. The van der Waals surface area contributed by atoms with Crippen molar-refractivity contribution in [2.24, 2.45) is 0 Å². The molecule has 1 aromatic heterocycles. The van der Waals surface area contributed by atoms with Gasteiger partial charge in [0.05, 0.1) is 6.61 Å². The van der Waals surface area contributed by atoms with Gasteiger partial charge in [-0.1, -0.05) is 20.8 Å². The Labute approximate surface area is 119 Å². The highest BCUT2D eigenvalue weighted by molar-refractivity contribution is 7.09. The van der Waals surface area contributed by atoms with Crippen molar-refractivity contribution in [3.05, 3.63) is 5.82 Å². The second-order valence-electron chi connectivity index (χ2n) is 6.06. The van der Waals surface area contributed by atoms with Crippen LogP contribution >= 0.6 is 11.5 Å². The second-order valence-corrected chi connectivity index (χ2v) is 6.79. The molecule has 2 rings (SSSR count). The smallest absolute Gasteiger partial charge is 0.205 e. The van der Waals surface area contributed by atoms with Crippen LogP contribution in [0.15, 0.2) is 0 Å². The molecule has 0 aliphatic carbocycles. The molecule has 0 bridgehead atoms. The van der Waals surface area contributed by atoms with E-state index in [1.165, 1.54) is 11.5 Å². The van der Waals surface area contributed by atoms with Crippen molar-refractivity contribution in [1.29, 1.82) is 0 Å². The van der Waals surface area contributed by atoms with E-state index in [-0.39, 0.29) is 12.0 Å². The number of rotatable bonds is 3. The minimum Gasteiger partial charge on any atom is -0.395 e. The van der Waals surface area contributed by atoms with E-state index in [2.05, 4.69) is 39.9 Å².